The number of halogens is 1. The second kappa shape index (κ2) is 17.9. The van der Waals surface area contributed by atoms with Gasteiger partial charge in [-0.25, -0.2) is 14.7 Å². The summed E-state index contributed by atoms with van der Waals surface area (Å²) in [4.78, 5) is 25.5. The lowest BCUT2D eigenvalue weighted by atomic mass is 9.89. The third-order valence-corrected chi connectivity index (χ3v) is 9.26. The number of nitrogens with one attached hydrogen (secondary N) is 1. The molecule has 0 radical (unpaired) electrons. The smallest absolute Gasteiger partial charge is 0.334 e. The van der Waals surface area contributed by atoms with Crippen molar-refractivity contribution < 1.29 is 14.3 Å². The lowest BCUT2D eigenvalue weighted by molar-refractivity contribution is 0.232. The van der Waals surface area contributed by atoms with Gasteiger partial charge in [0.25, 0.3) is 0 Å². The average Bonchev–Trinajstić information content (AvgIpc) is 3.09. The van der Waals surface area contributed by atoms with Gasteiger partial charge in [0.1, 0.15) is 23.2 Å². The fourth-order valence-corrected chi connectivity index (χ4v) is 6.47. The number of ether oxygens (including phenoxy) is 2. The number of methoxy groups -OCH3 is 2. The highest BCUT2D eigenvalue weighted by Gasteiger charge is 2.37. The van der Waals surface area contributed by atoms with E-state index in [4.69, 9.17) is 26.1 Å². The van der Waals surface area contributed by atoms with Crippen LogP contribution in [0.4, 0.5) is 16.2 Å². The van der Waals surface area contributed by atoms with Gasteiger partial charge in [0.15, 0.2) is 0 Å². The fraction of sp³-hybridized carbons (Fsp3) is 0.400. The monoisotopic (exact) mass is 685 g/mol. The summed E-state index contributed by atoms with van der Waals surface area (Å²) in [6, 6.07) is 11.8. The van der Waals surface area contributed by atoms with Gasteiger partial charge < -0.3 is 19.7 Å². The van der Waals surface area contributed by atoms with Crippen LogP contribution in [0.1, 0.15) is 70.4 Å². The van der Waals surface area contributed by atoms with Gasteiger partial charge in [-0.05, 0) is 126 Å². The minimum absolute atomic E-state index is 0.248. The van der Waals surface area contributed by atoms with Gasteiger partial charge in [0.2, 0.25) is 0 Å². The fourth-order valence-electron chi connectivity index (χ4n) is 6.14. The topological polar surface area (TPSA) is 69.6 Å². The summed E-state index contributed by atoms with van der Waals surface area (Å²) in [6.45, 7) is 12.5. The summed E-state index contributed by atoms with van der Waals surface area (Å²) in [5, 5.41) is 4.04. The van der Waals surface area contributed by atoms with E-state index in [9.17, 15) is 4.79 Å². The highest BCUT2D eigenvalue weighted by molar-refractivity contribution is 6.34. The minimum atomic E-state index is -0.248. The molecule has 2 aromatic rings. The molecule has 4 rings (SSSR count). The van der Waals surface area contributed by atoms with Crippen molar-refractivity contribution in [1.29, 1.82) is 0 Å². The number of benzene rings is 2. The van der Waals surface area contributed by atoms with Crippen LogP contribution < -0.4 is 15.0 Å². The van der Waals surface area contributed by atoms with Crippen molar-refractivity contribution in [3.63, 3.8) is 0 Å². The summed E-state index contributed by atoms with van der Waals surface area (Å²) >= 11 is 6.72. The largest absolute Gasteiger partial charge is 0.497 e. The molecule has 0 atom stereocenters. The van der Waals surface area contributed by atoms with E-state index in [1.54, 1.807) is 24.0 Å². The van der Waals surface area contributed by atoms with Crippen LogP contribution in [0.3, 0.4) is 0 Å². The molecule has 0 unspecified atom stereocenters. The van der Waals surface area contributed by atoms with E-state index >= 15 is 0 Å². The van der Waals surface area contributed by atoms with E-state index < -0.39 is 0 Å². The molecule has 49 heavy (non-hydrogen) atoms. The molecule has 2 amide bonds. The molecule has 0 saturated carbocycles. The maximum atomic E-state index is 14.6. The number of aryl methyl sites for hydroxylation is 1. The second-order valence-corrected chi connectivity index (χ2v) is 12.8. The lowest BCUT2D eigenvalue weighted by Crippen LogP contribution is -2.53. The number of carbonyl (C=O) groups is 1. The van der Waals surface area contributed by atoms with Crippen molar-refractivity contribution in [3.8, 4) is 5.75 Å². The van der Waals surface area contributed by atoms with Crippen molar-refractivity contribution in [1.82, 2.24) is 9.80 Å². The maximum absolute atomic E-state index is 14.6. The number of anilines is 2. The molecule has 2 aliphatic heterocycles. The van der Waals surface area contributed by atoms with Crippen LogP contribution in [0.25, 0.3) is 0 Å². The predicted molar refractivity (Wildman–Crippen MR) is 205 cm³/mol. The zero-order valence-electron chi connectivity index (χ0n) is 30.3. The molecular weight excluding hydrogens is 634 g/mol. The lowest BCUT2D eigenvalue weighted by Gasteiger charge is -2.39. The molecule has 0 aromatic heterocycles. The number of hydrogen-bond acceptors (Lipinski definition) is 6. The Kier molecular flexibility index (Phi) is 13.7. The maximum Gasteiger partial charge on any atom is 0.334 e. The number of carbonyl (C=O) groups excluding carboxylic acids is 1. The Morgan fingerprint density at radius 1 is 1.10 bits per heavy atom. The zero-order valence-corrected chi connectivity index (χ0v) is 31.1. The van der Waals surface area contributed by atoms with E-state index in [2.05, 4.69) is 49.3 Å². The molecule has 2 fully saturated rings. The van der Waals surface area contributed by atoms with Crippen molar-refractivity contribution in [3.05, 3.63) is 112 Å². The molecule has 2 heterocycles. The van der Waals surface area contributed by atoms with Crippen molar-refractivity contribution in [2.75, 3.05) is 51.1 Å². The number of aliphatic imine (C=N–C) groups is 1. The minimum Gasteiger partial charge on any atom is -0.497 e. The van der Waals surface area contributed by atoms with E-state index in [1.807, 2.05) is 75.4 Å². The van der Waals surface area contributed by atoms with Gasteiger partial charge in [-0.2, -0.15) is 0 Å². The summed E-state index contributed by atoms with van der Waals surface area (Å²) in [5.41, 5.74) is 5.25. The summed E-state index contributed by atoms with van der Waals surface area (Å²) in [7, 11) is 5.51. The Balaban J connectivity index is 1.79. The molecular formula is C40H52ClN5O3. The predicted octanol–water partition coefficient (Wildman–Crippen LogP) is 9.82. The Morgan fingerprint density at radius 2 is 1.86 bits per heavy atom. The Labute approximate surface area is 298 Å². The third-order valence-electron chi connectivity index (χ3n) is 8.95. The third kappa shape index (κ3) is 9.25. The molecule has 0 bridgehead atoms. The first kappa shape index (κ1) is 37.5. The first-order chi connectivity index (χ1) is 23.6. The number of hydrogen-bond donors (Lipinski definition) is 1. The quantitative estimate of drug-likeness (QED) is 0.178. The number of rotatable bonds is 12. The van der Waals surface area contributed by atoms with Crippen LogP contribution in [0.5, 0.6) is 5.75 Å². The molecule has 2 saturated heterocycles. The molecule has 1 N–H and O–H groups in total. The number of piperidine rings is 1. The molecule has 0 aliphatic carbocycles. The van der Waals surface area contributed by atoms with Crippen molar-refractivity contribution in [2.24, 2.45) is 4.99 Å². The van der Waals surface area contributed by atoms with E-state index in [1.165, 1.54) is 5.56 Å². The average molecular weight is 686 g/mol. The molecule has 8 nitrogen and oxygen atoms in total. The first-order valence-corrected chi connectivity index (χ1v) is 17.6. The van der Waals surface area contributed by atoms with Crippen molar-refractivity contribution in [2.45, 2.75) is 66.2 Å². The molecule has 2 aromatic carbocycles. The summed E-state index contributed by atoms with van der Waals surface area (Å²) in [5.74, 6) is 3.10. The second-order valence-electron chi connectivity index (χ2n) is 12.4. The normalized spacial score (nSPS) is 19.0. The highest BCUT2D eigenvalue weighted by atomic mass is 35.5. The van der Waals surface area contributed by atoms with Crippen LogP contribution >= 0.6 is 11.6 Å². The van der Waals surface area contributed by atoms with Crippen LogP contribution in [0.15, 0.2) is 101 Å². The molecule has 262 valence electrons. The standard InChI is InChI=1S/C40H52ClN5O3/c1-9-12-16-33(48-7)20-18-29(5)46-39(30(11-3)27-45(40(46)47)38-28(4)15-13-17-34(38)41)43-37(14-10-2)42-35-21-19-32(26-36(35)49-8)31-22-24-44(6)25-23-31/h11-21,26,31,42H,9-10,22-25,27H2,1-8H3/b16-12+,29-18+,30-11-,33-20+,37-14+,43-39+. The van der Waals surface area contributed by atoms with Gasteiger partial charge in [-0.1, -0.05) is 55.8 Å². The number of likely N-dealkylation sites (tertiary alicyclic amines) is 1. The van der Waals surface area contributed by atoms with E-state index in [-0.39, 0.29) is 6.03 Å². The highest BCUT2D eigenvalue weighted by Crippen LogP contribution is 2.36. The van der Waals surface area contributed by atoms with Crippen LogP contribution in [0, 0.1) is 6.92 Å². The van der Waals surface area contributed by atoms with Gasteiger partial charge >= 0.3 is 6.03 Å². The van der Waals surface area contributed by atoms with Gasteiger partial charge in [-0.3, -0.25) is 4.90 Å². The van der Waals surface area contributed by atoms with Crippen LogP contribution in [0.2, 0.25) is 5.02 Å². The first-order valence-electron chi connectivity index (χ1n) is 17.2. The number of para-hydroxylation sites is 1. The van der Waals surface area contributed by atoms with Gasteiger partial charge in [0.05, 0.1) is 37.2 Å². The van der Waals surface area contributed by atoms with Crippen molar-refractivity contribution >= 4 is 34.8 Å². The number of urea groups is 1. The number of allylic oxidation sites excluding steroid dienone is 7. The van der Waals surface area contributed by atoms with Crippen LogP contribution in [-0.2, 0) is 4.74 Å². The number of nitrogens with zero attached hydrogens (tertiary/aromatic N) is 4. The summed E-state index contributed by atoms with van der Waals surface area (Å²) < 4.78 is 11.5. The molecule has 9 heteroatoms. The number of amides is 2. The SMILES string of the molecule is C/C=C1/CN(c2c(C)cccc2Cl)C(=O)N(/C(C)=C/C=C(\C=C\CC)OC)/C1=N/C(=C/CC)Nc1ccc(C2CCN(C)CC2)cc1OC. The number of amidine groups is 1. The van der Waals surface area contributed by atoms with E-state index in [0.29, 0.717) is 46.3 Å². The Morgan fingerprint density at radius 3 is 2.49 bits per heavy atom. The molecule has 0 spiro atoms. The van der Waals surface area contributed by atoms with E-state index in [0.717, 1.165) is 61.3 Å². The Bertz CT molecular complexity index is 1640. The van der Waals surface area contributed by atoms with Gasteiger partial charge in [-0.15, -0.1) is 0 Å². The summed E-state index contributed by atoms with van der Waals surface area (Å²) in [6.07, 6.45) is 15.6. The Hall–Kier alpha value is -4.27. The zero-order chi connectivity index (χ0) is 35.5. The van der Waals surface area contributed by atoms with Crippen LogP contribution in [-0.4, -0.2) is 62.6 Å². The van der Waals surface area contributed by atoms with Gasteiger partial charge in [0, 0.05) is 11.3 Å². The molecule has 2 aliphatic rings.